The molecule has 1 fully saturated rings. The third-order valence-corrected chi connectivity index (χ3v) is 3.72. The van der Waals surface area contributed by atoms with Crippen LogP contribution >= 0.6 is 0 Å². The molecule has 104 valence electrons. The summed E-state index contributed by atoms with van der Waals surface area (Å²) in [5, 5.41) is 2.75. The lowest BCUT2D eigenvalue weighted by Crippen LogP contribution is -2.27. The van der Waals surface area contributed by atoms with Gasteiger partial charge < -0.3 is 11.1 Å². The molecule has 3 N–H and O–H groups in total. The van der Waals surface area contributed by atoms with Crippen molar-refractivity contribution in [2.75, 3.05) is 12.3 Å². The maximum absolute atomic E-state index is 13.6. The van der Waals surface area contributed by atoms with E-state index in [4.69, 9.17) is 5.73 Å². The van der Waals surface area contributed by atoms with Gasteiger partial charge in [0.15, 0.2) is 11.6 Å². The quantitative estimate of drug-likeness (QED) is 0.879. The summed E-state index contributed by atoms with van der Waals surface area (Å²) in [4.78, 5) is 15.4. The number of anilines is 1. The minimum Gasteiger partial charge on any atom is -0.381 e. The van der Waals surface area contributed by atoms with Crippen LogP contribution in [0.5, 0.6) is 0 Å². The molecular formula is C14H20FN3O. The van der Waals surface area contributed by atoms with Gasteiger partial charge in [-0.05, 0) is 18.4 Å². The van der Waals surface area contributed by atoms with Crippen LogP contribution in [0.1, 0.15) is 48.9 Å². The molecular weight excluding hydrogens is 245 g/mol. The number of carbonyl (C=O) groups excluding carboxylic acids is 1. The lowest BCUT2D eigenvalue weighted by molar-refractivity contribution is 0.0946. The van der Waals surface area contributed by atoms with E-state index in [2.05, 4.69) is 10.3 Å². The number of hydrogen-bond acceptors (Lipinski definition) is 3. The van der Waals surface area contributed by atoms with Crippen molar-refractivity contribution in [1.82, 2.24) is 10.3 Å². The minimum absolute atomic E-state index is 0.0313. The second kappa shape index (κ2) is 6.50. The molecule has 1 aliphatic carbocycles. The predicted octanol–water partition coefficient (Wildman–Crippen LogP) is 2.50. The topological polar surface area (TPSA) is 68.0 Å². The van der Waals surface area contributed by atoms with Gasteiger partial charge in [-0.15, -0.1) is 0 Å². The summed E-state index contributed by atoms with van der Waals surface area (Å²) in [6.45, 7) is 0.588. The molecule has 1 aromatic rings. The normalized spacial score (nSPS) is 16.3. The molecule has 19 heavy (non-hydrogen) atoms. The number of nitrogens with zero attached hydrogens (tertiary/aromatic N) is 1. The van der Waals surface area contributed by atoms with Gasteiger partial charge in [-0.1, -0.05) is 32.1 Å². The molecule has 0 unspecified atom stereocenters. The highest BCUT2D eigenvalue weighted by Gasteiger charge is 2.16. The van der Waals surface area contributed by atoms with Gasteiger partial charge >= 0.3 is 0 Å². The Morgan fingerprint density at radius 3 is 2.89 bits per heavy atom. The first-order valence-electron chi connectivity index (χ1n) is 6.86. The Kier molecular flexibility index (Phi) is 4.71. The van der Waals surface area contributed by atoms with Crippen molar-refractivity contribution in [3.8, 4) is 0 Å². The van der Waals surface area contributed by atoms with Gasteiger partial charge in [-0.25, -0.2) is 9.37 Å². The smallest absolute Gasteiger partial charge is 0.254 e. The number of nitrogens with two attached hydrogens (primary N) is 1. The van der Waals surface area contributed by atoms with Crippen molar-refractivity contribution in [2.24, 2.45) is 5.92 Å². The van der Waals surface area contributed by atoms with E-state index in [0.29, 0.717) is 12.5 Å². The van der Waals surface area contributed by atoms with E-state index in [1.165, 1.54) is 44.4 Å². The molecule has 0 aliphatic heterocycles. The number of pyridine rings is 1. The van der Waals surface area contributed by atoms with E-state index < -0.39 is 11.7 Å². The molecule has 1 amide bonds. The molecule has 0 radical (unpaired) electrons. The Labute approximate surface area is 112 Å². The van der Waals surface area contributed by atoms with E-state index in [9.17, 15) is 9.18 Å². The van der Waals surface area contributed by atoms with Gasteiger partial charge in [-0.2, -0.15) is 0 Å². The molecule has 0 aromatic carbocycles. The van der Waals surface area contributed by atoms with Crippen molar-refractivity contribution >= 4 is 11.7 Å². The van der Waals surface area contributed by atoms with Crippen molar-refractivity contribution in [1.29, 1.82) is 0 Å². The van der Waals surface area contributed by atoms with Crippen LogP contribution in [0.25, 0.3) is 0 Å². The maximum atomic E-state index is 13.6. The first-order chi connectivity index (χ1) is 9.18. The summed E-state index contributed by atoms with van der Waals surface area (Å²) < 4.78 is 13.6. The van der Waals surface area contributed by atoms with Crippen LogP contribution in [0.4, 0.5) is 10.2 Å². The number of hydrogen-bond donors (Lipinski definition) is 2. The molecule has 0 atom stereocenters. The Hall–Kier alpha value is -1.65. The summed E-state index contributed by atoms with van der Waals surface area (Å²) in [6.07, 6.45) is 8.69. The zero-order valence-corrected chi connectivity index (χ0v) is 11.0. The molecule has 1 aromatic heterocycles. The van der Waals surface area contributed by atoms with Crippen molar-refractivity contribution in [3.05, 3.63) is 23.6 Å². The van der Waals surface area contributed by atoms with E-state index in [-0.39, 0.29) is 11.4 Å². The average Bonchev–Trinajstić information content (AvgIpc) is 2.43. The molecule has 2 rings (SSSR count). The summed E-state index contributed by atoms with van der Waals surface area (Å²) in [7, 11) is 0. The number of nitrogens with one attached hydrogen (secondary N) is 1. The van der Waals surface area contributed by atoms with Gasteiger partial charge in [0.25, 0.3) is 5.91 Å². The average molecular weight is 265 g/mol. The number of amides is 1. The number of halogens is 1. The minimum atomic E-state index is -0.738. The Balaban J connectivity index is 1.82. The first kappa shape index (κ1) is 13.8. The van der Waals surface area contributed by atoms with Gasteiger partial charge in [0.05, 0.1) is 5.56 Å². The van der Waals surface area contributed by atoms with Crippen LogP contribution in [0.15, 0.2) is 12.3 Å². The molecule has 0 bridgehead atoms. The van der Waals surface area contributed by atoms with Crippen LogP contribution < -0.4 is 11.1 Å². The van der Waals surface area contributed by atoms with E-state index >= 15 is 0 Å². The van der Waals surface area contributed by atoms with E-state index in [1.54, 1.807) is 0 Å². The zero-order valence-electron chi connectivity index (χ0n) is 11.0. The van der Waals surface area contributed by atoms with E-state index in [1.807, 2.05) is 0 Å². The van der Waals surface area contributed by atoms with Crippen LogP contribution in [-0.4, -0.2) is 17.4 Å². The van der Waals surface area contributed by atoms with E-state index in [0.717, 1.165) is 6.42 Å². The fraction of sp³-hybridized carbons (Fsp3) is 0.571. The van der Waals surface area contributed by atoms with Crippen molar-refractivity contribution in [3.63, 3.8) is 0 Å². The highest BCUT2D eigenvalue weighted by Crippen LogP contribution is 2.25. The van der Waals surface area contributed by atoms with Crippen LogP contribution in [0.2, 0.25) is 0 Å². The Bertz CT molecular complexity index is 444. The van der Waals surface area contributed by atoms with Crippen molar-refractivity contribution < 1.29 is 9.18 Å². The largest absolute Gasteiger partial charge is 0.381 e. The third kappa shape index (κ3) is 3.66. The number of carbonyl (C=O) groups is 1. The number of rotatable bonds is 4. The Morgan fingerprint density at radius 2 is 2.16 bits per heavy atom. The standard InChI is InChI=1S/C14H20FN3O/c15-12-11(7-9-17-13(12)16)14(19)18-8-6-10-4-2-1-3-5-10/h7,9-10H,1-6,8H2,(H2,16,17)(H,18,19). The van der Waals surface area contributed by atoms with Crippen molar-refractivity contribution in [2.45, 2.75) is 38.5 Å². The second-order valence-electron chi connectivity index (χ2n) is 5.11. The molecule has 1 saturated carbocycles. The molecule has 1 aliphatic rings. The molecule has 0 saturated heterocycles. The van der Waals surface area contributed by atoms with Crippen LogP contribution in [0, 0.1) is 11.7 Å². The molecule has 0 spiro atoms. The zero-order chi connectivity index (χ0) is 13.7. The van der Waals surface area contributed by atoms with Gasteiger partial charge in [0.1, 0.15) is 0 Å². The lowest BCUT2D eigenvalue weighted by atomic mass is 9.87. The Morgan fingerprint density at radius 1 is 1.42 bits per heavy atom. The van der Waals surface area contributed by atoms with Gasteiger partial charge in [-0.3, -0.25) is 4.79 Å². The maximum Gasteiger partial charge on any atom is 0.254 e. The third-order valence-electron chi connectivity index (χ3n) is 3.72. The van der Waals surface area contributed by atoms with Crippen LogP contribution in [-0.2, 0) is 0 Å². The SMILES string of the molecule is Nc1nccc(C(=O)NCCC2CCCCC2)c1F. The number of aromatic nitrogens is 1. The second-order valence-corrected chi connectivity index (χ2v) is 5.11. The van der Waals surface area contributed by atoms with Gasteiger partial charge in [0, 0.05) is 12.7 Å². The molecule has 1 heterocycles. The molecule has 4 nitrogen and oxygen atoms in total. The monoisotopic (exact) mass is 265 g/mol. The van der Waals surface area contributed by atoms with Crippen LogP contribution in [0.3, 0.4) is 0 Å². The lowest BCUT2D eigenvalue weighted by Gasteiger charge is -2.21. The summed E-state index contributed by atoms with van der Waals surface area (Å²) in [5.74, 6) is -0.693. The number of nitrogen functional groups attached to an aromatic ring is 1. The highest BCUT2D eigenvalue weighted by molar-refractivity contribution is 5.95. The molecule has 5 heteroatoms. The summed E-state index contributed by atoms with van der Waals surface area (Å²) in [5.41, 5.74) is 5.31. The fourth-order valence-corrected chi connectivity index (χ4v) is 2.60. The fourth-order valence-electron chi connectivity index (χ4n) is 2.60. The highest BCUT2D eigenvalue weighted by atomic mass is 19.1. The summed E-state index contributed by atoms with van der Waals surface area (Å²) in [6, 6.07) is 1.35. The first-order valence-corrected chi connectivity index (χ1v) is 6.86. The predicted molar refractivity (Wildman–Crippen MR) is 72.1 cm³/mol. The van der Waals surface area contributed by atoms with Gasteiger partial charge in [0.2, 0.25) is 0 Å². The summed E-state index contributed by atoms with van der Waals surface area (Å²) >= 11 is 0.